The van der Waals surface area contributed by atoms with Crippen LogP contribution in [0.25, 0.3) is 0 Å². The third-order valence-electron chi connectivity index (χ3n) is 4.42. The van der Waals surface area contributed by atoms with E-state index in [1.54, 1.807) is 13.8 Å². The minimum atomic E-state index is -0.660. The molecule has 0 aliphatic heterocycles. The summed E-state index contributed by atoms with van der Waals surface area (Å²) in [6.45, 7) is 3.48. The maximum Gasteiger partial charge on any atom is 0.341 e. The first-order valence-corrected chi connectivity index (χ1v) is 11.3. The zero-order valence-electron chi connectivity index (χ0n) is 17.1. The number of carbonyl (C=O) groups excluding carboxylic acids is 3. The van der Waals surface area contributed by atoms with Crippen molar-refractivity contribution in [3.05, 3.63) is 82.2 Å². The Bertz CT molecular complexity index is 1080. The van der Waals surface area contributed by atoms with Crippen LogP contribution in [0, 0.1) is 6.92 Å². The SMILES string of the molecule is CCOC(=O)c1c(NC(=O)[C@@H](Sc2ccccc2)c2ccccc2)sc(C(N)=O)c1C. The number of thiophene rings is 1. The number of amides is 2. The Kier molecular flexibility index (Phi) is 7.49. The number of thioether (sulfide) groups is 1. The molecule has 2 aromatic carbocycles. The fraction of sp³-hybridized carbons (Fsp3) is 0.174. The van der Waals surface area contributed by atoms with Crippen LogP contribution in [0.5, 0.6) is 0 Å². The molecule has 0 fully saturated rings. The second-order valence-electron chi connectivity index (χ2n) is 6.56. The van der Waals surface area contributed by atoms with Crippen LogP contribution >= 0.6 is 23.1 Å². The summed E-state index contributed by atoms with van der Waals surface area (Å²) in [4.78, 5) is 38.8. The molecule has 3 aromatic rings. The van der Waals surface area contributed by atoms with Gasteiger partial charge in [0, 0.05) is 4.90 Å². The highest BCUT2D eigenvalue weighted by Crippen LogP contribution is 2.39. The van der Waals surface area contributed by atoms with Crippen molar-refractivity contribution in [2.75, 3.05) is 11.9 Å². The van der Waals surface area contributed by atoms with Crippen LogP contribution in [0.4, 0.5) is 5.00 Å². The quantitative estimate of drug-likeness (QED) is 0.376. The third-order valence-corrected chi connectivity index (χ3v) is 6.91. The van der Waals surface area contributed by atoms with Crippen LogP contribution in [-0.4, -0.2) is 24.4 Å². The first-order chi connectivity index (χ1) is 14.9. The Hall–Kier alpha value is -3.10. The van der Waals surface area contributed by atoms with E-state index in [1.807, 2.05) is 60.7 Å². The van der Waals surface area contributed by atoms with Crippen molar-refractivity contribution in [2.45, 2.75) is 24.0 Å². The van der Waals surface area contributed by atoms with Gasteiger partial charge in [-0.2, -0.15) is 0 Å². The number of rotatable bonds is 8. The number of carbonyl (C=O) groups is 3. The lowest BCUT2D eigenvalue weighted by Crippen LogP contribution is -2.20. The maximum atomic E-state index is 13.3. The van der Waals surface area contributed by atoms with Gasteiger partial charge in [0.25, 0.3) is 5.91 Å². The summed E-state index contributed by atoms with van der Waals surface area (Å²) in [7, 11) is 0. The normalized spacial score (nSPS) is 11.5. The second kappa shape index (κ2) is 10.3. The van der Waals surface area contributed by atoms with E-state index >= 15 is 0 Å². The number of esters is 1. The first kappa shape index (κ1) is 22.6. The number of anilines is 1. The van der Waals surface area contributed by atoms with Gasteiger partial charge in [0.15, 0.2) is 0 Å². The first-order valence-electron chi connectivity index (χ1n) is 9.60. The molecule has 1 heterocycles. The fourth-order valence-electron chi connectivity index (χ4n) is 3.00. The lowest BCUT2D eigenvalue weighted by molar-refractivity contribution is -0.115. The highest BCUT2D eigenvalue weighted by molar-refractivity contribution is 8.00. The summed E-state index contributed by atoms with van der Waals surface area (Å²) < 4.78 is 5.12. The Labute approximate surface area is 188 Å². The number of hydrogen-bond donors (Lipinski definition) is 2. The topological polar surface area (TPSA) is 98.5 Å². The lowest BCUT2D eigenvalue weighted by Gasteiger charge is -2.17. The number of hydrogen-bond acceptors (Lipinski definition) is 6. The van der Waals surface area contributed by atoms with E-state index in [2.05, 4.69) is 5.32 Å². The molecule has 0 spiro atoms. The monoisotopic (exact) mass is 454 g/mol. The largest absolute Gasteiger partial charge is 0.462 e. The van der Waals surface area contributed by atoms with Gasteiger partial charge in [-0.05, 0) is 37.1 Å². The van der Waals surface area contributed by atoms with Gasteiger partial charge in [-0.1, -0.05) is 48.5 Å². The van der Waals surface area contributed by atoms with Crippen molar-refractivity contribution in [2.24, 2.45) is 5.73 Å². The Balaban J connectivity index is 1.97. The molecule has 0 saturated heterocycles. The lowest BCUT2D eigenvalue weighted by atomic mass is 10.1. The van der Waals surface area contributed by atoms with Crippen molar-refractivity contribution >= 4 is 45.9 Å². The molecular formula is C23H22N2O4S2. The van der Waals surface area contributed by atoms with E-state index in [0.717, 1.165) is 21.8 Å². The maximum absolute atomic E-state index is 13.3. The molecule has 0 unspecified atom stereocenters. The smallest absolute Gasteiger partial charge is 0.341 e. The molecule has 31 heavy (non-hydrogen) atoms. The van der Waals surface area contributed by atoms with Gasteiger partial charge in [0.2, 0.25) is 5.91 Å². The summed E-state index contributed by atoms with van der Waals surface area (Å²) in [6, 6.07) is 18.9. The molecular weight excluding hydrogens is 432 g/mol. The molecule has 2 amide bonds. The van der Waals surface area contributed by atoms with Gasteiger partial charge >= 0.3 is 5.97 Å². The average molecular weight is 455 g/mol. The van der Waals surface area contributed by atoms with E-state index < -0.39 is 17.1 Å². The summed E-state index contributed by atoms with van der Waals surface area (Å²) in [5.41, 5.74) is 6.83. The van der Waals surface area contributed by atoms with Crippen LogP contribution in [0.15, 0.2) is 65.6 Å². The molecule has 3 N–H and O–H groups in total. The molecule has 3 rings (SSSR count). The minimum absolute atomic E-state index is 0.158. The van der Waals surface area contributed by atoms with Crippen molar-refractivity contribution < 1.29 is 19.1 Å². The van der Waals surface area contributed by atoms with E-state index in [0.29, 0.717) is 5.56 Å². The van der Waals surface area contributed by atoms with Gasteiger partial charge in [-0.25, -0.2) is 4.79 Å². The number of nitrogens with two attached hydrogens (primary N) is 1. The average Bonchev–Trinajstić information content (AvgIpc) is 3.09. The number of benzene rings is 2. The van der Waals surface area contributed by atoms with Crippen LogP contribution in [0.2, 0.25) is 0 Å². The highest BCUT2D eigenvalue weighted by Gasteiger charge is 2.28. The van der Waals surface area contributed by atoms with Gasteiger partial charge in [-0.3, -0.25) is 9.59 Å². The fourth-order valence-corrected chi connectivity index (χ4v) is 5.09. The predicted molar refractivity (Wildman–Crippen MR) is 124 cm³/mol. The zero-order valence-corrected chi connectivity index (χ0v) is 18.7. The van der Waals surface area contributed by atoms with Gasteiger partial charge < -0.3 is 15.8 Å². The molecule has 1 aromatic heterocycles. The minimum Gasteiger partial charge on any atom is -0.462 e. The molecule has 6 nitrogen and oxygen atoms in total. The molecule has 0 bridgehead atoms. The number of primary amides is 1. The third kappa shape index (κ3) is 5.34. The molecule has 8 heteroatoms. The van der Waals surface area contributed by atoms with Crippen molar-refractivity contribution in [1.29, 1.82) is 0 Å². The molecule has 0 radical (unpaired) electrons. The second-order valence-corrected chi connectivity index (χ2v) is 8.76. The molecule has 160 valence electrons. The Morgan fingerprint density at radius 2 is 1.68 bits per heavy atom. The van der Waals surface area contributed by atoms with E-state index in [-0.39, 0.29) is 28.0 Å². The van der Waals surface area contributed by atoms with Crippen molar-refractivity contribution in [3.8, 4) is 0 Å². The molecule has 0 aliphatic rings. The van der Waals surface area contributed by atoms with E-state index in [9.17, 15) is 14.4 Å². The number of ether oxygens (including phenoxy) is 1. The summed E-state index contributed by atoms with van der Waals surface area (Å²) in [6.07, 6.45) is 0. The van der Waals surface area contributed by atoms with Crippen molar-refractivity contribution in [1.82, 2.24) is 0 Å². The van der Waals surface area contributed by atoms with Crippen LogP contribution in [0.3, 0.4) is 0 Å². The molecule has 0 saturated carbocycles. The standard InChI is InChI=1S/C23H22N2O4S2/c1-3-29-23(28)17-14(2)18(20(24)26)31-22(17)25-21(27)19(15-10-6-4-7-11-15)30-16-12-8-5-9-13-16/h4-13,19H,3H2,1-2H3,(H2,24,26)(H,25,27)/t19-/m0/s1. The summed E-state index contributed by atoms with van der Waals surface area (Å²) in [5, 5.41) is 2.52. The number of nitrogens with one attached hydrogen (secondary N) is 1. The summed E-state index contributed by atoms with van der Waals surface area (Å²) in [5.74, 6) is -1.58. The summed E-state index contributed by atoms with van der Waals surface area (Å²) >= 11 is 2.37. The Morgan fingerprint density at radius 3 is 2.26 bits per heavy atom. The van der Waals surface area contributed by atoms with E-state index in [4.69, 9.17) is 10.5 Å². The van der Waals surface area contributed by atoms with Gasteiger partial charge in [0.1, 0.15) is 10.3 Å². The Morgan fingerprint density at radius 1 is 1.06 bits per heavy atom. The van der Waals surface area contributed by atoms with Crippen LogP contribution in [-0.2, 0) is 9.53 Å². The van der Waals surface area contributed by atoms with Crippen LogP contribution < -0.4 is 11.1 Å². The van der Waals surface area contributed by atoms with Crippen LogP contribution in [0.1, 0.15) is 43.3 Å². The predicted octanol–water partition coefficient (Wildman–Crippen LogP) is 4.80. The van der Waals surface area contributed by atoms with Gasteiger partial charge in [0.05, 0.1) is 17.0 Å². The van der Waals surface area contributed by atoms with Crippen molar-refractivity contribution in [3.63, 3.8) is 0 Å². The zero-order chi connectivity index (χ0) is 22.4. The highest BCUT2D eigenvalue weighted by atomic mass is 32.2. The molecule has 0 aliphatic carbocycles. The van der Waals surface area contributed by atoms with Gasteiger partial charge in [-0.15, -0.1) is 23.1 Å². The molecule has 1 atom stereocenters. The van der Waals surface area contributed by atoms with E-state index in [1.165, 1.54) is 11.8 Å².